The number of anilines is 1. The summed E-state index contributed by atoms with van der Waals surface area (Å²) in [5, 5.41) is 0. The van der Waals surface area contributed by atoms with E-state index in [4.69, 9.17) is 11.5 Å². The van der Waals surface area contributed by atoms with E-state index in [1.54, 1.807) is 0 Å². The molecular formula is C10H14N2. The van der Waals surface area contributed by atoms with Crippen LogP contribution in [-0.4, -0.2) is 6.54 Å². The van der Waals surface area contributed by atoms with Crippen LogP contribution in [0.3, 0.4) is 0 Å². The van der Waals surface area contributed by atoms with Gasteiger partial charge in [0.2, 0.25) is 0 Å². The molecule has 0 aromatic heterocycles. The van der Waals surface area contributed by atoms with E-state index >= 15 is 0 Å². The molecule has 2 rings (SSSR count). The van der Waals surface area contributed by atoms with E-state index in [0.29, 0.717) is 5.92 Å². The van der Waals surface area contributed by atoms with Crippen LogP contribution in [0.4, 0.5) is 5.69 Å². The smallest absolute Gasteiger partial charge is 0.0349 e. The standard InChI is InChI=1S/C10H14N2/c11-6-7-4-5-9-8(7)2-1-3-10(9)12/h1-3,7H,4-6,11-12H2. The molecule has 64 valence electrons. The summed E-state index contributed by atoms with van der Waals surface area (Å²) in [5.74, 6) is 0.545. The van der Waals surface area contributed by atoms with Crippen LogP contribution < -0.4 is 11.5 Å². The summed E-state index contributed by atoms with van der Waals surface area (Å²) in [6, 6.07) is 6.14. The number of rotatable bonds is 1. The van der Waals surface area contributed by atoms with Gasteiger partial charge in [-0.1, -0.05) is 12.1 Å². The van der Waals surface area contributed by atoms with Crippen molar-refractivity contribution in [2.75, 3.05) is 12.3 Å². The van der Waals surface area contributed by atoms with Gasteiger partial charge in [0.25, 0.3) is 0 Å². The van der Waals surface area contributed by atoms with Gasteiger partial charge in [-0.05, 0) is 42.5 Å². The highest BCUT2D eigenvalue weighted by molar-refractivity contribution is 5.54. The Morgan fingerprint density at radius 2 is 2.25 bits per heavy atom. The molecule has 1 unspecified atom stereocenters. The van der Waals surface area contributed by atoms with Crippen LogP contribution in [-0.2, 0) is 6.42 Å². The van der Waals surface area contributed by atoms with Gasteiger partial charge < -0.3 is 11.5 Å². The molecule has 0 aliphatic heterocycles. The van der Waals surface area contributed by atoms with Gasteiger partial charge >= 0.3 is 0 Å². The molecule has 0 bridgehead atoms. The number of fused-ring (bicyclic) bond motifs is 1. The predicted molar refractivity (Wildman–Crippen MR) is 51.0 cm³/mol. The van der Waals surface area contributed by atoms with Gasteiger partial charge in [-0.2, -0.15) is 0 Å². The molecule has 1 aliphatic carbocycles. The normalized spacial score (nSPS) is 20.9. The van der Waals surface area contributed by atoms with Crippen molar-refractivity contribution in [3.05, 3.63) is 29.3 Å². The largest absolute Gasteiger partial charge is 0.398 e. The van der Waals surface area contributed by atoms with Gasteiger partial charge in [0.1, 0.15) is 0 Å². The van der Waals surface area contributed by atoms with Crippen LogP contribution in [0, 0.1) is 0 Å². The molecule has 0 spiro atoms. The Morgan fingerprint density at radius 1 is 1.42 bits per heavy atom. The zero-order valence-electron chi connectivity index (χ0n) is 7.09. The molecule has 1 atom stereocenters. The third-order valence-electron chi connectivity index (χ3n) is 2.72. The Morgan fingerprint density at radius 3 is 3.00 bits per heavy atom. The van der Waals surface area contributed by atoms with Crippen LogP contribution in [0.15, 0.2) is 18.2 Å². The zero-order chi connectivity index (χ0) is 8.55. The van der Waals surface area contributed by atoms with Crippen LogP contribution >= 0.6 is 0 Å². The first-order valence-corrected chi connectivity index (χ1v) is 4.40. The molecule has 0 saturated heterocycles. The molecule has 0 saturated carbocycles. The van der Waals surface area contributed by atoms with Crippen molar-refractivity contribution in [1.29, 1.82) is 0 Å². The quantitative estimate of drug-likeness (QED) is 0.611. The first-order valence-electron chi connectivity index (χ1n) is 4.40. The van der Waals surface area contributed by atoms with Crippen molar-refractivity contribution >= 4 is 5.69 Å². The van der Waals surface area contributed by atoms with E-state index in [1.165, 1.54) is 17.5 Å². The van der Waals surface area contributed by atoms with Crippen molar-refractivity contribution in [3.8, 4) is 0 Å². The molecule has 1 aromatic carbocycles. The maximum absolute atomic E-state index is 5.85. The Kier molecular flexibility index (Phi) is 1.77. The topological polar surface area (TPSA) is 52.0 Å². The molecule has 1 aromatic rings. The highest BCUT2D eigenvalue weighted by Gasteiger charge is 2.21. The maximum atomic E-state index is 5.85. The van der Waals surface area contributed by atoms with Gasteiger partial charge in [0.05, 0.1) is 0 Å². The Bertz CT molecular complexity index is 294. The minimum atomic E-state index is 0.545. The molecule has 12 heavy (non-hydrogen) atoms. The second-order valence-electron chi connectivity index (χ2n) is 3.39. The van der Waals surface area contributed by atoms with Crippen molar-refractivity contribution in [2.24, 2.45) is 5.73 Å². The lowest BCUT2D eigenvalue weighted by Crippen LogP contribution is -2.09. The molecule has 4 N–H and O–H groups in total. The Balaban J connectivity index is 2.46. The third-order valence-corrected chi connectivity index (χ3v) is 2.72. The van der Waals surface area contributed by atoms with E-state index in [2.05, 4.69) is 6.07 Å². The van der Waals surface area contributed by atoms with Crippen molar-refractivity contribution in [3.63, 3.8) is 0 Å². The summed E-state index contributed by atoms with van der Waals surface area (Å²) in [5.41, 5.74) is 15.1. The van der Waals surface area contributed by atoms with E-state index in [-0.39, 0.29) is 0 Å². The summed E-state index contributed by atoms with van der Waals surface area (Å²) >= 11 is 0. The maximum Gasteiger partial charge on any atom is 0.0349 e. The third kappa shape index (κ3) is 0.994. The van der Waals surface area contributed by atoms with E-state index in [0.717, 1.165) is 18.7 Å². The highest BCUT2D eigenvalue weighted by Crippen LogP contribution is 2.35. The van der Waals surface area contributed by atoms with E-state index in [9.17, 15) is 0 Å². The molecule has 1 aliphatic rings. The fraction of sp³-hybridized carbons (Fsp3) is 0.400. The van der Waals surface area contributed by atoms with Crippen molar-refractivity contribution < 1.29 is 0 Å². The SMILES string of the molecule is NCC1CCc2c(N)cccc21. The number of nitrogen functional groups attached to an aromatic ring is 1. The minimum absolute atomic E-state index is 0.545. The van der Waals surface area contributed by atoms with Crippen LogP contribution in [0.2, 0.25) is 0 Å². The van der Waals surface area contributed by atoms with E-state index < -0.39 is 0 Å². The second-order valence-corrected chi connectivity index (χ2v) is 3.39. The van der Waals surface area contributed by atoms with E-state index in [1.807, 2.05) is 12.1 Å². The monoisotopic (exact) mass is 162 g/mol. The van der Waals surface area contributed by atoms with Gasteiger partial charge in [0, 0.05) is 5.69 Å². The Labute approximate surface area is 72.6 Å². The predicted octanol–water partition coefficient (Wildman–Crippen LogP) is 1.26. The molecule has 2 nitrogen and oxygen atoms in total. The highest BCUT2D eigenvalue weighted by atomic mass is 14.6. The summed E-state index contributed by atoms with van der Waals surface area (Å²) in [7, 11) is 0. The lowest BCUT2D eigenvalue weighted by Gasteiger charge is -2.08. The molecule has 0 radical (unpaired) electrons. The fourth-order valence-corrected chi connectivity index (χ4v) is 2.01. The number of benzene rings is 1. The summed E-state index contributed by atoms with van der Waals surface area (Å²) in [4.78, 5) is 0. The van der Waals surface area contributed by atoms with Crippen LogP contribution in [0.5, 0.6) is 0 Å². The molecule has 0 fully saturated rings. The average Bonchev–Trinajstić information content (AvgIpc) is 2.49. The molecule has 0 heterocycles. The fourth-order valence-electron chi connectivity index (χ4n) is 2.01. The zero-order valence-corrected chi connectivity index (χ0v) is 7.09. The number of hydrogen-bond acceptors (Lipinski definition) is 2. The van der Waals surface area contributed by atoms with Crippen molar-refractivity contribution in [2.45, 2.75) is 18.8 Å². The number of nitrogens with two attached hydrogens (primary N) is 2. The van der Waals surface area contributed by atoms with Crippen LogP contribution in [0.25, 0.3) is 0 Å². The average molecular weight is 162 g/mol. The summed E-state index contributed by atoms with van der Waals surface area (Å²) < 4.78 is 0. The minimum Gasteiger partial charge on any atom is -0.398 e. The first-order chi connectivity index (χ1) is 5.83. The summed E-state index contributed by atoms with van der Waals surface area (Å²) in [6.45, 7) is 0.746. The first kappa shape index (κ1) is 7.62. The van der Waals surface area contributed by atoms with Crippen LogP contribution in [0.1, 0.15) is 23.5 Å². The van der Waals surface area contributed by atoms with Crippen molar-refractivity contribution in [1.82, 2.24) is 0 Å². The van der Waals surface area contributed by atoms with Gasteiger partial charge in [-0.15, -0.1) is 0 Å². The van der Waals surface area contributed by atoms with Gasteiger partial charge in [-0.3, -0.25) is 0 Å². The number of hydrogen-bond donors (Lipinski definition) is 2. The van der Waals surface area contributed by atoms with Gasteiger partial charge in [-0.25, -0.2) is 0 Å². The lowest BCUT2D eigenvalue weighted by atomic mass is 10.0. The summed E-state index contributed by atoms with van der Waals surface area (Å²) in [6.07, 6.45) is 2.27. The Hall–Kier alpha value is -1.02. The molecule has 0 amide bonds. The molecular weight excluding hydrogens is 148 g/mol. The second kappa shape index (κ2) is 2.79. The lowest BCUT2D eigenvalue weighted by molar-refractivity contribution is 0.688. The van der Waals surface area contributed by atoms with Gasteiger partial charge in [0.15, 0.2) is 0 Å². The molecule has 2 heteroatoms.